The summed E-state index contributed by atoms with van der Waals surface area (Å²) in [5.74, 6) is -0.149. The van der Waals surface area contributed by atoms with Gasteiger partial charge in [0.05, 0.1) is 13.0 Å². The number of nitrogens with one attached hydrogen (secondary N) is 1. The van der Waals surface area contributed by atoms with Crippen LogP contribution in [0.2, 0.25) is 19.1 Å². The van der Waals surface area contributed by atoms with Gasteiger partial charge in [0.1, 0.15) is 5.60 Å². The van der Waals surface area contributed by atoms with Crippen molar-refractivity contribution in [1.82, 2.24) is 5.32 Å². The zero-order chi connectivity index (χ0) is 17.2. The second-order valence-corrected chi connectivity index (χ2v) is 12.7. The summed E-state index contributed by atoms with van der Waals surface area (Å²) in [4.78, 5) is 25.7. The van der Waals surface area contributed by atoms with Gasteiger partial charge in [-0.3, -0.25) is 4.79 Å². The highest BCUT2D eigenvalue weighted by molar-refractivity contribution is 6.71. The lowest BCUT2D eigenvalue weighted by Crippen LogP contribution is -2.80. The zero-order valence-corrected chi connectivity index (χ0v) is 15.8. The maximum Gasteiger partial charge on any atom is 0.334 e. The normalized spacial score (nSPS) is 45.6. The minimum atomic E-state index is -1.87. The maximum absolute atomic E-state index is 12.9. The number of amides is 1. The highest BCUT2D eigenvalue weighted by Crippen LogP contribution is 2.65. The standard InChI is InChI=1S/C18H27NO4Si/c1-22-16(21)18-14(12-7-5-4-6-8-12)11-17(18)13(15(20)19-18)9-10-24(2,3)23-17/h5,7,12-14H,4,6,8-11H2,1-3H3,(H,19,20)/t12-,13+,14?,17+,18+/m1/s1. The van der Waals surface area contributed by atoms with Gasteiger partial charge in [0.2, 0.25) is 5.91 Å². The van der Waals surface area contributed by atoms with E-state index in [4.69, 9.17) is 9.16 Å². The average molecular weight is 350 g/mol. The Bertz CT molecular complexity index is 618. The van der Waals surface area contributed by atoms with Gasteiger partial charge >= 0.3 is 5.97 Å². The Kier molecular flexibility index (Phi) is 3.52. The van der Waals surface area contributed by atoms with Crippen LogP contribution in [-0.4, -0.2) is 38.4 Å². The average Bonchev–Trinajstić information content (AvgIpc) is 2.73. The molecule has 1 saturated carbocycles. The summed E-state index contributed by atoms with van der Waals surface area (Å²) in [6, 6.07) is 0.970. The Balaban J connectivity index is 1.78. The number of hydrogen-bond donors (Lipinski definition) is 1. The van der Waals surface area contributed by atoms with E-state index in [2.05, 4.69) is 30.6 Å². The van der Waals surface area contributed by atoms with Crippen LogP contribution in [0.25, 0.3) is 0 Å². The van der Waals surface area contributed by atoms with E-state index in [1.807, 2.05) is 0 Å². The predicted octanol–water partition coefficient (Wildman–Crippen LogP) is 2.38. The summed E-state index contributed by atoms with van der Waals surface area (Å²) in [5.41, 5.74) is -1.67. The molecule has 1 spiro atoms. The van der Waals surface area contributed by atoms with E-state index in [0.717, 1.165) is 38.1 Å². The molecule has 2 heterocycles. The molecule has 3 fully saturated rings. The van der Waals surface area contributed by atoms with Crippen LogP contribution in [0.15, 0.2) is 12.2 Å². The summed E-state index contributed by atoms with van der Waals surface area (Å²) < 4.78 is 11.8. The second kappa shape index (κ2) is 5.18. The van der Waals surface area contributed by atoms with Crippen LogP contribution in [0.1, 0.15) is 32.1 Å². The largest absolute Gasteiger partial charge is 0.467 e. The fourth-order valence-corrected chi connectivity index (χ4v) is 8.17. The summed E-state index contributed by atoms with van der Waals surface area (Å²) in [6.07, 6.45) is 9.37. The lowest BCUT2D eigenvalue weighted by molar-refractivity contribution is -0.203. The van der Waals surface area contributed by atoms with Crippen molar-refractivity contribution in [3.05, 3.63) is 12.2 Å². The summed E-state index contributed by atoms with van der Waals surface area (Å²) >= 11 is 0. The smallest absolute Gasteiger partial charge is 0.334 e. The van der Waals surface area contributed by atoms with Gasteiger partial charge < -0.3 is 14.5 Å². The van der Waals surface area contributed by atoms with Crippen molar-refractivity contribution in [2.45, 2.75) is 62.4 Å². The molecule has 6 heteroatoms. The molecule has 4 rings (SSSR count). The molecule has 2 aliphatic heterocycles. The van der Waals surface area contributed by atoms with Crippen LogP contribution in [-0.2, 0) is 18.8 Å². The Morgan fingerprint density at radius 1 is 1.42 bits per heavy atom. The first-order chi connectivity index (χ1) is 11.4. The van der Waals surface area contributed by atoms with Gasteiger partial charge in [-0.15, -0.1) is 0 Å². The van der Waals surface area contributed by atoms with Crippen molar-refractivity contribution in [1.29, 1.82) is 0 Å². The molecular formula is C18H27NO4Si. The monoisotopic (exact) mass is 349 g/mol. The van der Waals surface area contributed by atoms with Gasteiger partial charge in [0.15, 0.2) is 13.9 Å². The van der Waals surface area contributed by atoms with Crippen LogP contribution in [0, 0.1) is 17.8 Å². The molecule has 0 aromatic rings. The van der Waals surface area contributed by atoms with E-state index in [-0.39, 0.29) is 23.7 Å². The van der Waals surface area contributed by atoms with Crippen molar-refractivity contribution in [3.63, 3.8) is 0 Å². The molecule has 1 amide bonds. The fourth-order valence-electron chi connectivity index (χ4n) is 5.71. The third-order valence-electron chi connectivity index (χ3n) is 6.76. The second-order valence-electron chi connectivity index (χ2n) is 8.46. The number of carbonyl (C=O) groups is 2. The Labute approximate surface area is 144 Å². The van der Waals surface area contributed by atoms with Crippen molar-refractivity contribution < 1.29 is 18.8 Å². The molecule has 1 N–H and O–H groups in total. The molecule has 24 heavy (non-hydrogen) atoms. The minimum Gasteiger partial charge on any atom is -0.467 e. The third-order valence-corrected chi connectivity index (χ3v) is 9.17. The van der Waals surface area contributed by atoms with Gasteiger partial charge in [-0.05, 0) is 57.2 Å². The van der Waals surface area contributed by atoms with Gasteiger partial charge in [0.25, 0.3) is 0 Å². The van der Waals surface area contributed by atoms with Gasteiger partial charge in [0, 0.05) is 5.92 Å². The number of carbonyl (C=O) groups excluding carboxylic acids is 2. The van der Waals surface area contributed by atoms with E-state index in [1.54, 1.807) is 0 Å². The number of esters is 1. The van der Waals surface area contributed by atoms with Crippen molar-refractivity contribution >= 4 is 20.2 Å². The molecule has 1 unspecified atom stereocenters. The van der Waals surface area contributed by atoms with Crippen molar-refractivity contribution in [2.24, 2.45) is 17.8 Å². The molecule has 0 aromatic heterocycles. The highest BCUT2D eigenvalue weighted by Gasteiger charge is 2.81. The fraction of sp³-hybridized carbons (Fsp3) is 0.778. The van der Waals surface area contributed by atoms with E-state index in [9.17, 15) is 9.59 Å². The summed E-state index contributed by atoms with van der Waals surface area (Å²) in [6.45, 7) is 4.38. The number of rotatable bonds is 2. The molecule has 5 atom stereocenters. The van der Waals surface area contributed by atoms with Gasteiger partial charge in [-0.25, -0.2) is 4.79 Å². The van der Waals surface area contributed by atoms with Crippen LogP contribution in [0.4, 0.5) is 0 Å². The van der Waals surface area contributed by atoms with Crippen molar-refractivity contribution in [3.8, 4) is 0 Å². The number of ether oxygens (including phenoxy) is 1. The Morgan fingerprint density at radius 3 is 2.88 bits per heavy atom. The quantitative estimate of drug-likeness (QED) is 0.472. The van der Waals surface area contributed by atoms with Crippen LogP contribution < -0.4 is 5.32 Å². The zero-order valence-electron chi connectivity index (χ0n) is 14.8. The first kappa shape index (κ1) is 16.3. The van der Waals surface area contributed by atoms with Gasteiger partial charge in [-0.2, -0.15) is 0 Å². The van der Waals surface area contributed by atoms with E-state index >= 15 is 0 Å². The Morgan fingerprint density at radius 2 is 2.21 bits per heavy atom. The molecule has 0 radical (unpaired) electrons. The molecular weight excluding hydrogens is 322 g/mol. The Hall–Kier alpha value is -1.14. The predicted molar refractivity (Wildman–Crippen MR) is 91.7 cm³/mol. The lowest BCUT2D eigenvalue weighted by atomic mass is 9.49. The molecule has 2 aliphatic carbocycles. The minimum absolute atomic E-state index is 0.0211. The van der Waals surface area contributed by atoms with Crippen LogP contribution >= 0.6 is 0 Å². The topological polar surface area (TPSA) is 64.6 Å². The molecule has 2 saturated heterocycles. The van der Waals surface area contributed by atoms with E-state index < -0.39 is 19.5 Å². The third kappa shape index (κ3) is 1.90. The lowest BCUT2D eigenvalue weighted by Gasteiger charge is -2.64. The summed E-state index contributed by atoms with van der Waals surface area (Å²) in [5, 5.41) is 3.09. The number of allylic oxidation sites excluding steroid dienone is 2. The molecule has 5 nitrogen and oxygen atoms in total. The summed E-state index contributed by atoms with van der Waals surface area (Å²) in [7, 11) is -0.453. The molecule has 0 aromatic carbocycles. The SMILES string of the molecule is COC(=O)[C@]12NC(=O)[C@@H]3CC[Si](C)(C)O[C@@]31CC2[C@@H]1C=CCCC1. The first-order valence-corrected chi connectivity index (χ1v) is 12.3. The van der Waals surface area contributed by atoms with Crippen LogP contribution in [0.3, 0.4) is 0 Å². The van der Waals surface area contributed by atoms with Crippen LogP contribution in [0.5, 0.6) is 0 Å². The molecule has 4 aliphatic rings. The van der Waals surface area contributed by atoms with Crippen molar-refractivity contribution in [2.75, 3.05) is 7.11 Å². The maximum atomic E-state index is 12.9. The highest BCUT2D eigenvalue weighted by atomic mass is 28.4. The van der Waals surface area contributed by atoms with E-state index in [0.29, 0.717) is 5.92 Å². The number of methoxy groups -OCH3 is 1. The number of hydrogen-bond acceptors (Lipinski definition) is 4. The molecule has 0 bridgehead atoms. The van der Waals surface area contributed by atoms with Gasteiger partial charge in [-0.1, -0.05) is 12.2 Å². The molecule has 132 valence electrons. The first-order valence-electron chi connectivity index (χ1n) is 9.13. The van der Waals surface area contributed by atoms with E-state index in [1.165, 1.54) is 7.11 Å².